The minimum absolute atomic E-state index is 0.0790. The molecular weight excluding hydrogens is 580 g/mol. The van der Waals surface area contributed by atoms with E-state index in [-0.39, 0.29) is 35.9 Å². The van der Waals surface area contributed by atoms with Crippen molar-refractivity contribution in [1.82, 2.24) is 10.6 Å². The Morgan fingerprint density at radius 2 is 1.55 bits per heavy atom. The number of amides is 3. The van der Waals surface area contributed by atoms with E-state index in [1.807, 2.05) is 30.3 Å². The summed E-state index contributed by atoms with van der Waals surface area (Å²) in [6.45, 7) is 0.257. The van der Waals surface area contributed by atoms with Gasteiger partial charge in [0.15, 0.2) is 5.96 Å². The molecule has 0 bridgehead atoms. The lowest BCUT2D eigenvalue weighted by Crippen LogP contribution is -2.53. The number of carboxylic acid groups (broad SMARTS) is 1. The number of rotatable bonds is 11. The van der Waals surface area contributed by atoms with Crippen LogP contribution in [0.3, 0.4) is 0 Å². The highest BCUT2D eigenvalue weighted by Crippen LogP contribution is 2.21. The summed E-state index contributed by atoms with van der Waals surface area (Å²) >= 11 is 12.0. The van der Waals surface area contributed by atoms with Crippen molar-refractivity contribution in [2.75, 3.05) is 6.54 Å². The Morgan fingerprint density at radius 1 is 0.950 bits per heavy atom. The van der Waals surface area contributed by atoms with Crippen LogP contribution in [0.5, 0.6) is 0 Å². The van der Waals surface area contributed by atoms with Crippen molar-refractivity contribution in [3.8, 4) is 0 Å². The number of primary amides is 1. The van der Waals surface area contributed by atoms with Crippen molar-refractivity contribution >= 4 is 52.9 Å². The number of carbonyl (C=O) groups excluding carboxylic acids is 3. The molecule has 0 aromatic heterocycles. The van der Waals surface area contributed by atoms with Crippen LogP contribution < -0.4 is 27.8 Å². The van der Waals surface area contributed by atoms with Crippen molar-refractivity contribution in [2.45, 2.75) is 37.5 Å². The van der Waals surface area contributed by atoms with Crippen LogP contribution in [-0.2, 0) is 20.8 Å². The normalized spacial score (nSPS) is 12.1. The molecule has 0 aliphatic carbocycles. The van der Waals surface area contributed by atoms with Crippen LogP contribution in [0, 0.1) is 0 Å². The Bertz CT molecular complexity index is 1210. The Morgan fingerprint density at radius 3 is 2.05 bits per heavy atom. The number of carbonyl (C=O) groups is 4. The van der Waals surface area contributed by atoms with Crippen LogP contribution in [0.15, 0.2) is 53.5 Å². The zero-order valence-electron chi connectivity index (χ0n) is 20.8. The summed E-state index contributed by atoms with van der Waals surface area (Å²) in [5.74, 6) is -4.68. The predicted octanol–water partition coefficient (Wildman–Crippen LogP) is 1.99. The summed E-state index contributed by atoms with van der Waals surface area (Å²) < 4.78 is 31.7. The summed E-state index contributed by atoms with van der Waals surface area (Å²) in [5, 5.41) is 12.9. The first-order chi connectivity index (χ1) is 18.6. The highest BCUT2D eigenvalue weighted by molar-refractivity contribution is 6.36. The van der Waals surface area contributed by atoms with Crippen LogP contribution in [0.25, 0.3) is 0 Å². The van der Waals surface area contributed by atoms with Gasteiger partial charge in [0, 0.05) is 18.0 Å². The number of hydrogen-bond acceptors (Lipinski definition) is 5. The highest BCUT2D eigenvalue weighted by Gasteiger charge is 2.38. The molecule has 0 aliphatic heterocycles. The first kappa shape index (κ1) is 34.0. The number of nitrogens with one attached hydrogen (secondary N) is 2. The average molecular weight is 607 g/mol. The fraction of sp³-hybridized carbons (Fsp3) is 0.292. The van der Waals surface area contributed by atoms with Gasteiger partial charge in [-0.05, 0) is 36.6 Å². The molecule has 0 aliphatic rings. The molecule has 0 saturated carbocycles. The van der Waals surface area contributed by atoms with Gasteiger partial charge in [0.05, 0.1) is 10.6 Å². The van der Waals surface area contributed by atoms with Gasteiger partial charge in [0.25, 0.3) is 5.91 Å². The molecule has 2 aromatic carbocycles. The zero-order valence-corrected chi connectivity index (χ0v) is 22.3. The third-order valence-corrected chi connectivity index (χ3v) is 5.48. The summed E-state index contributed by atoms with van der Waals surface area (Å²) in [6, 6.07) is 11.6. The van der Waals surface area contributed by atoms with Crippen LogP contribution in [-0.4, -0.2) is 59.6 Å². The lowest BCUT2D eigenvalue weighted by molar-refractivity contribution is -0.192. The lowest BCUT2D eigenvalue weighted by Gasteiger charge is -2.22. The van der Waals surface area contributed by atoms with Gasteiger partial charge < -0.3 is 32.9 Å². The molecule has 2 atom stereocenters. The Hall–Kier alpha value is -4.04. The molecule has 2 aromatic rings. The fourth-order valence-electron chi connectivity index (χ4n) is 3.03. The molecule has 0 spiro atoms. The van der Waals surface area contributed by atoms with E-state index in [0.717, 1.165) is 5.56 Å². The van der Waals surface area contributed by atoms with Crippen molar-refractivity contribution in [3.05, 3.63) is 69.7 Å². The molecule has 9 N–H and O–H groups in total. The van der Waals surface area contributed by atoms with Crippen LogP contribution in [0.2, 0.25) is 10.0 Å². The van der Waals surface area contributed by atoms with Gasteiger partial charge >= 0.3 is 12.1 Å². The number of benzene rings is 2. The summed E-state index contributed by atoms with van der Waals surface area (Å²) in [4.78, 5) is 50.5. The maximum Gasteiger partial charge on any atom is 0.490 e. The number of carboxylic acids is 1. The van der Waals surface area contributed by atoms with E-state index in [9.17, 15) is 27.6 Å². The van der Waals surface area contributed by atoms with Crippen LogP contribution in [0.4, 0.5) is 13.2 Å². The van der Waals surface area contributed by atoms with Gasteiger partial charge in [-0.1, -0.05) is 53.5 Å². The number of nitrogens with two attached hydrogens (primary N) is 3. The number of nitrogens with zero attached hydrogens (tertiary/aromatic N) is 1. The van der Waals surface area contributed by atoms with Gasteiger partial charge in [0.2, 0.25) is 11.8 Å². The minimum Gasteiger partial charge on any atom is -0.475 e. The second-order valence-electron chi connectivity index (χ2n) is 8.06. The molecular formula is C24H27Cl2F3N6O5. The Kier molecular flexibility index (Phi) is 13.7. The maximum atomic E-state index is 13.0. The quantitative estimate of drug-likeness (QED) is 0.127. The van der Waals surface area contributed by atoms with Crippen molar-refractivity contribution in [2.24, 2.45) is 22.2 Å². The minimum atomic E-state index is -5.08. The highest BCUT2D eigenvalue weighted by atomic mass is 35.5. The molecule has 3 amide bonds. The fourth-order valence-corrected chi connectivity index (χ4v) is 3.52. The van der Waals surface area contributed by atoms with E-state index in [1.54, 1.807) is 0 Å². The van der Waals surface area contributed by atoms with Crippen LogP contribution >= 0.6 is 23.2 Å². The van der Waals surface area contributed by atoms with E-state index in [4.69, 9.17) is 50.3 Å². The molecule has 40 heavy (non-hydrogen) atoms. The number of guanidine groups is 1. The number of aliphatic carboxylic acids is 1. The van der Waals surface area contributed by atoms with Gasteiger partial charge in [-0.25, -0.2) is 4.79 Å². The van der Waals surface area contributed by atoms with E-state index >= 15 is 0 Å². The predicted molar refractivity (Wildman–Crippen MR) is 143 cm³/mol. The molecule has 0 unspecified atom stereocenters. The largest absolute Gasteiger partial charge is 0.490 e. The van der Waals surface area contributed by atoms with Gasteiger partial charge in [0.1, 0.15) is 12.1 Å². The Balaban J connectivity index is 0.00000101. The molecule has 0 saturated heterocycles. The van der Waals surface area contributed by atoms with Crippen LogP contribution in [0.1, 0.15) is 28.8 Å². The smallest absolute Gasteiger partial charge is 0.475 e. The third-order valence-electron chi connectivity index (χ3n) is 4.93. The average Bonchev–Trinajstić information content (AvgIpc) is 2.85. The van der Waals surface area contributed by atoms with Crippen molar-refractivity contribution in [1.29, 1.82) is 0 Å². The summed E-state index contributed by atoms with van der Waals surface area (Å²) in [5.41, 5.74) is 17.1. The topological polar surface area (TPSA) is 203 Å². The number of halogens is 5. The van der Waals surface area contributed by atoms with E-state index in [1.165, 1.54) is 18.2 Å². The van der Waals surface area contributed by atoms with Gasteiger partial charge in [-0.3, -0.25) is 19.4 Å². The molecule has 2 rings (SSSR count). The zero-order chi connectivity index (χ0) is 30.5. The van der Waals surface area contributed by atoms with Gasteiger partial charge in [-0.15, -0.1) is 0 Å². The lowest BCUT2D eigenvalue weighted by atomic mass is 10.0. The molecule has 0 heterocycles. The van der Waals surface area contributed by atoms with E-state index in [2.05, 4.69) is 15.6 Å². The van der Waals surface area contributed by atoms with Crippen molar-refractivity contribution in [3.63, 3.8) is 0 Å². The standard InChI is InChI=1S/C22H26Cl2N6O3.C2HF3O2/c23-14-8-9-15(16(24)12-14)20(32)29-17(7-4-10-28-22(26)27)21(33)30-18(19(25)31)11-13-5-2-1-3-6-13;3-2(4,5)1(6)7/h1-3,5-6,8-9,12,17-18H,4,7,10-11H2,(H2,25,31)(H,29,32)(H,30,33)(H4,26,27,28);(H,6,7)/t17-,18-;/m0./s1. The number of aliphatic imine (C=N–C) groups is 1. The maximum absolute atomic E-state index is 13.0. The number of hydrogen-bond donors (Lipinski definition) is 6. The van der Waals surface area contributed by atoms with E-state index in [0.29, 0.717) is 11.4 Å². The summed E-state index contributed by atoms with van der Waals surface area (Å²) in [6.07, 6.45) is -4.28. The monoisotopic (exact) mass is 606 g/mol. The molecule has 0 radical (unpaired) electrons. The molecule has 11 nitrogen and oxygen atoms in total. The second-order valence-corrected chi connectivity index (χ2v) is 8.90. The molecule has 218 valence electrons. The third kappa shape index (κ3) is 12.7. The first-order valence-corrected chi connectivity index (χ1v) is 12.1. The second kappa shape index (κ2) is 16.2. The number of alkyl halides is 3. The first-order valence-electron chi connectivity index (χ1n) is 11.4. The molecule has 0 fully saturated rings. The SMILES string of the molecule is NC(=O)[C@H](Cc1ccccc1)NC(=O)[C@H](CCCN=C(N)N)NC(=O)c1ccc(Cl)cc1Cl.O=C(O)C(F)(F)F. The van der Waals surface area contributed by atoms with E-state index < -0.39 is 42.0 Å². The molecule has 16 heteroatoms. The van der Waals surface area contributed by atoms with Crippen molar-refractivity contribution < 1.29 is 37.5 Å². The Labute approximate surface area is 236 Å². The van der Waals surface area contributed by atoms with Gasteiger partial charge in [-0.2, -0.15) is 13.2 Å². The summed E-state index contributed by atoms with van der Waals surface area (Å²) in [7, 11) is 0.